The van der Waals surface area contributed by atoms with Crippen LogP contribution in [0.2, 0.25) is 5.02 Å². The zero-order chi connectivity index (χ0) is 14.5. The Hall–Kier alpha value is -2.27. The molecule has 2 aromatic rings. The van der Waals surface area contributed by atoms with Crippen molar-refractivity contribution in [2.24, 2.45) is 0 Å². The van der Waals surface area contributed by atoms with Crippen molar-refractivity contribution in [2.75, 3.05) is 12.8 Å². The Bertz CT molecular complexity index is 614. The highest BCUT2D eigenvalue weighted by Crippen LogP contribution is 2.27. The van der Waals surface area contributed by atoms with Gasteiger partial charge in [0.25, 0.3) is 0 Å². The lowest BCUT2D eigenvalue weighted by atomic mass is 10.2. The molecule has 0 aliphatic carbocycles. The molecular weight excluding hydrogens is 280 g/mol. The molecule has 2 rings (SSSR count). The second-order valence-electron chi connectivity index (χ2n) is 4.01. The van der Waals surface area contributed by atoms with Crippen LogP contribution in [0.3, 0.4) is 0 Å². The van der Waals surface area contributed by atoms with Crippen molar-refractivity contribution in [3.05, 3.63) is 52.8 Å². The molecule has 1 aromatic heterocycles. The van der Waals surface area contributed by atoms with Crippen molar-refractivity contribution in [1.29, 1.82) is 0 Å². The summed E-state index contributed by atoms with van der Waals surface area (Å²) in [7, 11) is 1.32. The number of ether oxygens (including phenoxy) is 2. The Morgan fingerprint density at radius 1 is 1.35 bits per heavy atom. The molecule has 1 heterocycles. The molecule has 1 aromatic carbocycles. The SMILES string of the molecule is COC(=O)c1ccc(COc2cc(N)ccc2Cl)nc1. The minimum atomic E-state index is -0.427. The number of pyridine rings is 1. The van der Waals surface area contributed by atoms with Crippen molar-refractivity contribution in [2.45, 2.75) is 6.61 Å². The lowest BCUT2D eigenvalue weighted by Gasteiger charge is -2.08. The first-order valence-corrected chi connectivity index (χ1v) is 6.19. The molecule has 6 heteroatoms. The van der Waals surface area contributed by atoms with E-state index in [4.69, 9.17) is 22.1 Å². The molecule has 0 radical (unpaired) electrons. The van der Waals surface area contributed by atoms with Crippen LogP contribution in [0.4, 0.5) is 5.69 Å². The molecule has 0 unspecified atom stereocenters. The second kappa shape index (κ2) is 6.25. The number of nitrogens with two attached hydrogens (primary N) is 1. The summed E-state index contributed by atoms with van der Waals surface area (Å²) < 4.78 is 10.1. The molecule has 0 bridgehead atoms. The van der Waals surface area contributed by atoms with Gasteiger partial charge >= 0.3 is 5.97 Å². The third-order valence-corrected chi connectivity index (χ3v) is 2.89. The molecule has 0 aliphatic heterocycles. The first-order valence-electron chi connectivity index (χ1n) is 5.81. The van der Waals surface area contributed by atoms with Crippen LogP contribution < -0.4 is 10.5 Å². The smallest absolute Gasteiger partial charge is 0.339 e. The summed E-state index contributed by atoms with van der Waals surface area (Å²) in [4.78, 5) is 15.4. The maximum atomic E-state index is 11.3. The number of methoxy groups -OCH3 is 1. The molecule has 0 atom stereocenters. The molecule has 0 spiro atoms. The van der Waals surface area contributed by atoms with Gasteiger partial charge in [-0.2, -0.15) is 0 Å². The van der Waals surface area contributed by atoms with Gasteiger partial charge in [-0.05, 0) is 24.3 Å². The number of rotatable bonds is 4. The highest BCUT2D eigenvalue weighted by Gasteiger charge is 2.07. The number of hydrogen-bond acceptors (Lipinski definition) is 5. The van der Waals surface area contributed by atoms with Crippen molar-refractivity contribution in [3.8, 4) is 5.75 Å². The van der Waals surface area contributed by atoms with E-state index in [1.54, 1.807) is 30.3 Å². The monoisotopic (exact) mass is 292 g/mol. The van der Waals surface area contributed by atoms with Crippen LogP contribution in [-0.2, 0) is 11.3 Å². The summed E-state index contributed by atoms with van der Waals surface area (Å²) in [5, 5.41) is 0.477. The summed E-state index contributed by atoms with van der Waals surface area (Å²) in [6.45, 7) is 0.227. The lowest BCUT2D eigenvalue weighted by Crippen LogP contribution is -2.04. The van der Waals surface area contributed by atoms with Gasteiger partial charge in [0.05, 0.1) is 23.4 Å². The number of esters is 1. The lowest BCUT2D eigenvalue weighted by molar-refractivity contribution is 0.0600. The average Bonchev–Trinajstić information content (AvgIpc) is 2.48. The van der Waals surface area contributed by atoms with Crippen LogP contribution in [0.25, 0.3) is 0 Å². The topological polar surface area (TPSA) is 74.4 Å². The highest BCUT2D eigenvalue weighted by molar-refractivity contribution is 6.32. The largest absolute Gasteiger partial charge is 0.486 e. The van der Waals surface area contributed by atoms with Crippen LogP contribution in [0.15, 0.2) is 36.5 Å². The fraction of sp³-hybridized carbons (Fsp3) is 0.143. The molecule has 104 valence electrons. The van der Waals surface area contributed by atoms with Crippen LogP contribution in [0.1, 0.15) is 16.1 Å². The number of aromatic nitrogens is 1. The first kappa shape index (κ1) is 14.1. The fourth-order valence-corrected chi connectivity index (χ4v) is 1.70. The predicted molar refractivity (Wildman–Crippen MR) is 75.8 cm³/mol. The van der Waals surface area contributed by atoms with Gasteiger partial charge in [0.15, 0.2) is 0 Å². The zero-order valence-electron chi connectivity index (χ0n) is 10.8. The van der Waals surface area contributed by atoms with Crippen molar-refractivity contribution >= 4 is 23.3 Å². The van der Waals surface area contributed by atoms with Crippen molar-refractivity contribution in [3.63, 3.8) is 0 Å². The van der Waals surface area contributed by atoms with Gasteiger partial charge in [0.1, 0.15) is 12.4 Å². The molecule has 0 saturated carbocycles. The third kappa shape index (κ3) is 3.39. The van der Waals surface area contributed by atoms with Gasteiger partial charge in [-0.25, -0.2) is 4.79 Å². The normalized spacial score (nSPS) is 10.1. The van der Waals surface area contributed by atoms with E-state index < -0.39 is 5.97 Å². The van der Waals surface area contributed by atoms with Crippen LogP contribution in [0.5, 0.6) is 5.75 Å². The van der Waals surface area contributed by atoms with E-state index in [1.807, 2.05) is 0 Å². The molecule has 20 heavy (non-hydrogen) atoms. The van der Waals surface area contributed by atoms with Crippen molar-refractivity contribution < 1.29 is 14.3 Å². The molecule has 5 nitrogen and oxygen atoms in total. The Morgan fingerprint density at radius 2 is 2.15 bits per heavy atom. The predicted octanol–water partition coefficient (Wildman–Crippen LogP) is 2.68. The minimum Gasteiger partial charge on any atom is -0.486 e. The summed E-state index contributed by atoms with van der Waals surface area (Å²) in [5.74, 6) is 0.0642. The Morgan fingerprint density at radius 3 is 2.80 bits per heavy atom. The maximum absolute atomic E-state index is 11.3. The number of carbonyl (C=O) groups excluding carboxylic acids is 1. The van der Waals surface area contributed by atoms with E-state index in [-0.39, 0.29) is 6.61 Å². The van der Waals surface area contributed by atoms with E-state index in [0.717, 1.165) is 0 Å². The number of nitrogens with zero attached hydrogens (tertiary/aromatic N) is 1. The minimum absolute atomic E-state index is 0.227. The molecule has 0 amide bonds. The molecule has 2 N–H and O–H groups in total. The van der Waals surface area contributed by atoms with Gasteiger partial charge in [-0.1, -0.05) is 11.6 Å². The maximum Gasteiger partial charge on any atom is 0.339 e. The summed E-state index contributed by atoms with van der Waals surface area (Å²) >= 11 is 5.99. The van der Waals surface area contributed by atoms with Crippen LogP contribution in [-0.4, -0.2) is 18.1 Å². The van der Waals surface area contributed by atoms with Crippen molar-refractivity contribution in [1.82, 2.24) is 4.98 Å². The number of benzene rings is 1. The van der Waals surface area contributed by atoms with E-state index in [1.165, 1.54) is 13.3 Å². The third-order valence-electron chi connectivity index (χ3n) is 2.58. The molecule has 0 saturated heterocycles. The average molecular weight is 293 g/mol. The van der Waals surface area contributed by atoms with E-state index >= 15 is 0 Å². The summed E-state index contributed by atoms with van der Waals surface area (Å²) in [5.41, 5.74) is 7.28. The second-order valence-corrected chi connectivity index (χ2v) is 4.42. The number of carbonyl (C=O) groups is 1. The van der Waals surface area contributed by atoms with Gasteiger partial charge in [-0.15, -0.1) is 0 Å². The van der Waals surface area contributed by atoms with Gasteiger partial charge in [0, 0.05) is 18.0 Å². The number of anilines is 1. The number of hydrogen-bond donors (Lipinski definition) is 1. The molecular formula is C14H13ClN2O3. The molecule has 0 aliphatic rings. The van der Waals surface area contributed by atoms with Gasteiger partial charge < -0.3 is 15.2 Å². The van der Waals surface area contributed by atoms with E-state index in [2.05, 4.69) is 9.72 Å². The summed E-state index contributed by atoms with van der Waals surface area (Å²) in [6, 6.07) is 8.31. The Kier molecular flexibility index (Phi) is 4.42. The fourth-order valence-electron chi connectivity index (χ4n) is 1.53. The standard InChI is InChI=1S/C14H13ClN2O3/c1-19-14(18)9-2-4-11(17-7-9)8-20-13-6-10(16)3-5-12(13)15/h2-7H,8,16H2,1H3. The van der Waals surface area contributed by atoms with Crippen LogP contribution >= 0.6 is 11.6 Å². The summed E-state index contributed by atoms with van der Waals surface area (Å²) in [6.07, 6.45) is 1.44. The quantitative estimate of drug-likeness (QED) is 0.693. The number of nitrogen functional groups attached to an aromatic ring is 1. The first-order chi connectivity index (χ1) is 9.60. The zero-order valence-corrected chi connectivity index (χ0v) is 11.6. The Balaban J connectivity index is 2.04. The Labute approximate surface area is 121 Å². The van der Waals surface area contributed by atoms with E-state index in [9.17, 15) is 4.79 Å². The molecule has 0 fully saturated rings. The van der Waals surface area contributed by atoms with Gasteiger partial charge in [0.2, 0.25) is 0 Å². The van der Waals surface area contributed by atoms with Gasteiger partial charge in [-0.3, -0.25) is 4.98 Å². The van der Waals surface area contributed by atoms with Crippen LogP contribution in [0, 0.1) is 0 Å². The number of halogens is 1. The van der Waals surface area contributed by atoms with E-state index in [0.29, 0.717) is 27.7 Å². The highest BCUT2D eigenvalue weighted by atomic mass is 35.5.